The van der Waals surface area contributed by atoms with E-state index in [0.717, 1.165) is 26.3 Å². The van der Waals surface area contributed by atoms with Gasteiger partial charge in [-0.15, -0.1) is 0 Å². The van der Waals surface area contributed by atoms with Gasteiger partial charge in [-0.2, -0.15) is 0 Å². The van der Waals surface area contributed by atoms with Crippen LogP contribution in [0.15, 0.2) is 0 Å². The molecule has 0 aliphatic carbocycles. The maximum absolute atomic E-state index is 12.1. The summed E-state index contributed by atoms with van der Waals surface area (Å²) in [5.41, 5.74) is 0. The molecule has 2 fully saturated rings. The SMILES string of the molecule is CC(C)C(CNC(=O)C1CCS(=O)(=O)C1)N1CCOCC1. The standard InChI is InChI=1S/C14H26N2O4S/c1-11(2)13(16-4-6-20-7-5-16)9-15-14(17)12-3-8-21(18,19)10-12/h11-13H,3-10H2,1-2H3,(H,15,17). The Morgan fingerprint density at radius 1 is 1.33 bits per heavy atom. The molecule has 0 aromatic carbocycles. The zero-order chi connectivity index (χ0) is 15.5. The summed E-state index contributed by atoms with van der Waals surface area (Å²) in [4.78, 5) is 14.5. The maximum atomic E-state index is 12.1. The molecule has 0 spiro atoms. The topological polar surface area (TPSA) is 75.7 Å². The van der Waals surface area contributed by atoms with Crippen LogP contribution in [0, 0.1) is 11.8 Å². The minimum atomic E-state index is -3.00. The number of morpholine rings is 1. The number of ether oxygens (including phenoxy) is 1. The Balaban J connectivity index is 1.85. The molecule has 2 saturated heterocycles. The van der Waals surface area contributed by atoms with Gasteiger partial charge in [0.15, 0.2) is 9.84 Å². The number of carbonyl (C=O) groups excluding carboxylic acids is 1. The Morgan fingerprint density at radius 2 is 2.00 bits per heavy atom. The molecule has 0 bridgehead atoms. The van der Waals surface area contributed by atoms with Crippen molar-refractivity contribution in [1.82, 2.24) is 10.2 Å². The first-order valence-corrected chi connectivity index (χ1v) is 9.51. The van der Waals surface area contributed by atoms with Gasteiger partial charge in [-0.05, 0) is 12.3 Å². The van der Waals surface area contributed by atoms with Crippen LogP contribution in [0.3, 0.4) is 0 Å². The Hall–Kier alpha value is -0.660. The van der Waals surface area contributed by atoms with E-state index in [4.69, 9.17) is 4.74 Å². The summed E-state index contributed by atoms with van der Waals surface area (Å²) in [6, 6.07) is 0.274. The Kier molecular flexibility index (Phi) is 5.62. The van der Waals surface area contributed by atoms with Gasteiger partial charge in [0.2, 0.25) is 5.91 Å². The highest BCUT2D eigenvalue weighted by Gasteiger charge is 2.33. The number of amides is 1. The van der Waals surface area contributed by atoms with E-state index < -0.39 is 9.84 Å². The van der Waals surface area contributed by atoms with Gasteiger partial charge in [0.1, 0.15) is 0 Å². The second-order valence-electron chi connectivity index (χ2n) is 6.30. The number of carbonyl (C=O) groups is 1. The van der Waals surface area contributed by atoms with Crippen molar-refractivity contribution in [3.63, 3.8) is 0 Å². The fourth-order valence-corrected chi connectivity index (χ4v) is 4.79. The van der Waals surface area contributed by atoms with Crippen LogP contribution in [0.1, 0.15) is 20.3 Å². The molecule has 2 atom stereocenters. The molecule has 2 aliphatic heterocycles. The summed E-state index contributed by atoms with van der Waals surface area (Å²) in [6.07, 6.45) is 0.456. The third-order valence-electron chi connectivity index (χ3n) is 4.37. The van der Waals surface area contributed by atoms with E-state index in [1.165, 1.54) is 0 Å². The highest BCUT2D eigenvalue weighted by Crippen LogP contribution is 2.19. The van der Waals surface area contributed by atoms with E-state index in [-0.39, 0.29) is 29.4 Å². The van der Waals surface area contributed by atoms with Crippen LogP contribution >= 0.6 is 0 Å². The predicted molar refractivity (Wildman–Crippen MR) is 80.8 cm³/mol. The highest BCUT2D eigenvalue weighted by molar-refractivity contribution is 7.91. The monoisotopic (exact) mass is 318 g/mol. The molecule has 1 amide bonds. The summed E-state index contributed by atoms with van der Waals surface area (Å²) < 4.78 is 28.2. The van der Waals surface area contributed by atoms with E-state index in [9.17, 15) is 13.2 Å². The predicted octanol–water partition coefficient (Wildman–Crippen LogP) is -0.106. The zero-order valence-corrected chi connectivity index (χ0v) is 13.7. The smallest absolute Gasteiger partial charge is 0.224 e. The minimum Gasteiger partial charge on any atom is -0.379 e. The van der Waals surface area contributed by atoms with Crippen molar-refractivity contribution >= 4 is 15.7 Å². The zero-order valence-electron chi connectivity index (χ0n) is 12.9. The first kappa shape index (κ1) is 16.7. The summed E-state index contributed by atoms with van der Waals surface area (Å²) in [5, 5.41) is 2.96. The van der Waals surface area contributed by atoms with Gasteiger partial charge in [0.05, 0.1) is 30.6 Å². The number of sulfone groups is 1. The van der Waals surface area contributed by atoms with Gasteiger partial charge in [-0.25, -0.2) is 8.42 Å². The fourth-order valence-electron chi connectivity index (χ4n) is 3.05. The molecule has 1 N–H and O–H groups in total. The summed E-state index contributed by atoms with van der Waals surface area (Å²) in [5.74, 6) is 0.0865. The molecule has 122 valence electrons. The number of rotatable bonds is 5. The van der Waals surface area contributed by atoms with E-state index in [1.807, 2.05) is 0 Å². The molecular formula is C14H26N2O4S. The summed E-state index contributed by atoms with van der Waals surface area (Å²) in [7, 11) is -3.00. The van der Waals surface area contributed by atoms with Crippen LogP contribution in [0.2, 0.25) is 0 Å². The van der Waals surface area contributed by atoms with Crippen molar-refractivity contribution in [3.05, 3.63) is 0 Å². The second kappa shape index (κ2) is 7.07. The molecule has 0 saturated carbocycles. The molecule has 2 aliphatic rings. The van der Waals surface area contributed by atoms with Gasteiger partial charge < -0.3 is 10.1 Å². The molecule has 2 heterocycles. The van der Waals surface area contributed by atoms with Crippen molar-refractivity contribution in [2.45, 2.75) is 26.3 Å². The molecule has 2 unspecified atom stereocenters. The van der Waals surface area contributed by atoms with Gasteiger partial charge >= 0.3 is 0 Å². The first-order valence-electron chi connectivity index (χ1n) is 7.69. The lowest BCUT2D eigenvalue weighted by atomic mass is 10.0. The lowest BCUT2D eigenvalue weighted by molar-refractivity contribution is -0.124. The molecule has 0 aromatic heterocycles. The highest BCUT2D eigenvalue weighted by atomic mass is 32.2. The average molecular weight is 318 g/mol. The quantitative estimate of drug-likeness (QED) is 0.766. The third kappa shape index (κ3) is 4.66. The molecular weight excluding hydrogens is 292 g/mol. The number of nitrogens with one attached hydrogen (secondary N) is 1. The molecule has 2 rings (SSSR count). The number of hydrogen-bond donors (Lipinski definition) is 1. The summed E-state index contributed by atoms with van der Waals surface area (Å²) in [6.45, 7) is 8.11. The van der Waals surface area contributed by atoms with E-state index >= 15 is 0 Å². The van der Waals surface area contributed by atoms with Crippen molar-refractivity contribution in [3.8, 4) is 0 Å². The number of hydrogen-bond acceptors (Lipinski definition) is 5. The average Bonchev–Trinajstić information content (AvgIpc) is 2.80. The molecule has 0 radical (unpaired) electrons. The van der Waals surface area contributed by atoms with Crippen LogP contribution in [0.25, 0.3) is 0 Å². The lowest BCUT2D eigenvalue weighted by Gasteiger charge is -2.37. The number of nitrogens with zero attached hydrogens (tertiary/aromatic N) is 1. The van der Waals surface area contributed by atoms with Crippen molar-refractivity contribution in [2.75, 3.05) is 44.4 Å². The van der Waals surface area contributed by atoms with Crippen LogP contribution in [0.5, 0.6) is 0 Å². The van der Waals surface area contributed by atoms with Crippen LogP contribution in [-0.2, 0) is 19.4 Å². The van der Waals surface area contributed by atoms with Crippen LogP contribution in [-0.4, -0.2) is 69.6 Å². The Bertz CT molecular complexity index is 458. The second-order valence-corrected chi connectivity index (χ2v) is 8.53. The van der Waals surface area contributed by atoms with Gasteiger partial charge in [0.25, 0.3) is 0 Å². The molecule has 21 heavy (non-hydrogen) atoms. The maximum Gasteiger partial charge on any atom is 0.224 e. The van der Waals surface area contributed by atoms with Crippen molar-refractivity contribution in [2.24, 2.45) is 11.8 Å². The lowest BCUT2D eigenvalue weighted by Crippen LogP contribution is -2.51. The molecule has 7 heteroatoms. The third-order valence-corrected chi connectivity index (χ3v) is 6.14. The van der Waals surface area contributed by atoms with Crippen LogP contribution < -0.4 is 5.32 Å². The van der Waals surface area contributed by atoms with Gasteiger partial charge in [0, 0.05) is 25.7 Å². The van der Waals surface area contributed by atoms with E-state index in [0.29, 0.717) is 18.9 Å². The van der Waals surface area contributed by atoms with Crippen molar-refractivity contribution in [1.29, 1.82) is 0 Å². The van der Waals surface area contributed by atoms with E-state index in [1.54, 1.807) is 0 Å². The van der Waals surface area contributed by atoms with Crippen molar-refractivity contribution < 1.29 is 17.9 Å². The van der Waals surface area contributed by atoms with Gasteiger partial charge in [-0.1, -0.05) is 13.8 Å². The Labute approximate surface area is 127 Å². The fraction of sp³-hybridized carbons (Fsp3) is 0.929. The van der Waals surface area contributed by atoms with Gasteiger partial charge in [-0.3, -0.25) is 9.69 Å². The Morgan fingerprint density at radius 3 is 2.52 bits per heavy atom. The minimum absolute atomic E-state index is 0.00271. The molecule has 0 aromatic rings. The van der Waals surface area contributed by atoms with E-state index in [2.05, 4.69) is 24.1 Å². The van der Waals surface area contributed by atoms with Crippen LogP contribution in [0.4, 0.5) is 0 Å². The first-order chi connectivity index (χ1) is 9.89. The molecule has 6 nitrogen and oxygen atoms in total. The normalized spacial score (nSPS) is 27.7. The largest absolute Gasteiger partial charge is 0.379 e. The summed E-state index contributed by atoms with van der Waals surface area (Å²) >= 11 is 0.